The molecule has 0 heterocycles. The van der Waals surface area contributed by atoms with Crippen LogP contribution in [0.4, 0.5) is 0 Å². The molecule has 0 atom stereocenters. The molecule has 0 aromatic rings. The van der Waals surface area contributed by atoms with Crippen LogP contribution in [-0.4, -0.2) is 37.1 Å². The zero-order chi connectivity index (χ0) is 11.7. The molecule has 0 aliphatic rings. The van der Waals surface area contributed by atoms with Crippen LogP contribution in [0.15, 0.2) is 12.2 Å². The Morgan fingerprint density at radius 2 is 2.00 bits per heavy atom. The van der Waals surface area contributed by atoms with Crippen LogP contribution in [0.25, 0.3) is 0 Å². The molecule has 15 heavy (non-hydrogen) atoms. The molecule has 1 N–H and O–H groups in total. The van der Waals surface area contributed by atoms with Crippen molar-refractivity contribution in [2.45, 2.75) is 46.6 Å². The lowest BCUT2D eigenvalue weighted by molar-refractivity contribution is 0.304. The normalized spacial score (nSPS) is 11.3. The van der Waals surface area contributed by atoms with Gasteiger partial charge in [-0.05, 0) is 39.4 Å². The molecule has 2 heteroatoms. The summed E-state index contributed by atoms with van der Waals surface area (Å²) in [5.74, 6) is 0. The molecule has 0 aromatic heterocycles. The van der Waals surface area contributed by atoms with Crippen LogP contribution in [0.3, 0.4) is 0 Å². The molecule has 0 saturated carbocycles. The van der Waals surface area contributed by atoms with Crippen molar-refractivity contribution in [3.8, 4) is 0 Å². The van der Waals surface area contributed by atoms with Crippen molar-refractivity contribution in [2.75, 3.05) is 26.2 Å². The minimum absolute atomic E-state index is 0.614. The second-order valence-electron chi connectivity index (χ2n) is 4.64. The maximum absolute atomic E-state index is 3.96. The Balaban J connectivity index is 3.42. The number of nitrogens with zero attached hydrogens (tertiary/aromatic N) is 1. The molecule has 0 amide bonds. The minimum Gasteiger partial charge on any atom is -0.315 e. The lowest BCUT2D eigenvalue weighted by atomic mass is 10.2. The standard InChI is InChI=1S/C13H28N2/c1-6-15(11-12(2)3)10-8-7-9-14-13(4)5/h13-14H,2,6-11H2,1,3-5H3. The van der Waals surface area contributed by atoms with Gasteiger partial charge in [-0.1, -0.05) is 32.9 Å². The summed E-state index contributed by atoms with van der Waals surface area (Å²) in [6.07, 6.45) is 2.55. The first kappa shape index (κ1) is 14.7. The van der Waals surface area contributed by atoms with Gasteiger partial charge in [-0.3, -0.25) is 4.90 Å². The number of hydrogen-bond donors (Lipinski definition) is 1. The molecule has 90 valence electrons. The topological polar surface area (TPSA) is 15.3 Å². The third-order valence-corrected chi connectivity index (χ3v) is 2.39. The zero-order valence-corrected chi connectivity index (χ0v) is 11.0. The highest BCUT2D eigenvalue weighted by Crippen LogP contribution is 1.99. The van der Waals surface area contributed by atoms with Crippen LogP contribution in [0.1, 0.15) is 40.5 Å². The Hall–Kier alpha value is -0.340. The van der Waals surface area contributed by atoms with Gasteiger partial charge in [0.1, 0.15) is 0 Å². The molecule has 0 saturated heterocycles. The number of nitrogens with one attached hydrogen (secondary N) is 1. The van der Waals surface area contributed by atoms with Gasteiger partial charge in [0, 0.05) is 12.6 Å². The summed E-state index contributed by atoms with van der Waals surface area (Å²) in [6, 6.07) is 0.614. The first-order valence-electron chi connectivity index (χ1n) is 6.16. The summed E-state index contributed by atoms with van der Waals surface area (Å²) >= 11 is 0. The van der Waals surface area contributed by atoms with Crippen molar-refractivity contribution < 1.29 is 0 Å². The number of unbranched alkanes of at least 4 members (excludes halogenated alkanes) is 1. The Kier molecular flexibility index (Phi) is 8.73. The second kappa shape index (κ2) is 8.93. The van der Waals surface area contributed by atoms with E-state index < -0.39 is 0 Å². The summed E-state index contributed by atoms with van der Waals surface area (Å²) in [4.78, 5) is 2.46. The van der Waals surface area contributed by atoms with E-state index in [1.807, 2.05) is 0 Å². The third-order valence-electron chi connectivity index (χ3n) is 2.39. The van der Waals surface area contributed by atoms with E-state index in [-0.39, 0.29) is 0 Å². The van der Waals surface area contributed by atoms with Crippen molar-refractivity contribution in [2.24, 2.45) is 0 Å². The van der Waals surface area contributed by atoms with E-state index in [0.717, 1.165) is 19.6 Å². The number of likely N-dealkylation sites (N-methyl/N-ethyl adjacent to an activating group) is 1. The molecule has 0 radical (unpaired) electrons. The molecule has 0 aromatic carbocycles. The van der Waals surface area contributed by atoms with Gasteiger partial charge in [0.2, 0.25) is 0 Å². The van der Waals surface area contributed by atoms with Crippen molar-refractivity contribution >= 4 is 0 Å². The zero-order valence-electron chi connectivity index (χ0n) is 11.0. The van der Waals surface area contributed by atoms with Gasteiger partial charge in [0.25, 0.3) is 0 Å². The molecule has 0 unspecified atom stereocenters. The van der Waals surface area contributed by atoms with Crippen LogP contribution >= 0.6 is 0 Å². The molecule has 0 bridgehead atoms. The van der Waals surface area contributed by atoms with E-state index in [2.05, 4.69) is 44.5 Å². The third kappa shape index (κ3) is 9.95. The molecule has 0 aliphatic heterocycles. The Morgan fingerprint density at radius 3 is 2.47 bits per heavy atom. The van der Waals surface area contributed by atoms with Gasteiger partial charge in [-0.15, -0.1) is 0 Å². The van der Waals surface area contributed by atoms with Crippen molar-refractivity contribution in [1.82, 2.24) is 10.2 Å². The largest absolute Gasteiger partial charge is 0.315 e. The summed E-state index contributed by atoms with van der Waals surface area (Å²) in [6.45, 7) is 17.2. The summed E-state index contributed by atoms with van der Waals surface area (Å²) < 4.78 is 0. The smallest absolute Gasteiger partial charge is 0.0187 e. The average molecular weight is 212 g/mol. The summed E-state index contributed by atoms with van der Waals surface area (Å²) in [5.41, 5.74) is 1.26. The highest BCUT2D eigenvalue weighted by Gasteiger charge is 2.01. The summed E-state index contributed by atoms with van der Waals surface area (Å²) in [5, 5.41) is 3.44. The van der Waals surface area contributed by atoms with Crippen LogP contribution in [0, 0.1) is 0 Å². The lowest BCUT2D eigenvalue weighted by Gasteiger charge is -2.20. The maximum atomic E-state index is 3.96. The van der Waals surface area contributed by atoms with E-state index in [1.54, 1.807) is 0 Å². The van der Waals surface area contributed by atoms with Gasteiger partial charge >= 0.3 is 0 Å². The number of rotatable bonds is 9. The van der Waals surface area contributed by atoms with Crippen LogP contribution < -0.4 is 5.32 Å². The highest BCUT2D eigenvalue weighted by molar-refractivity contribution is 4.91. The first-order valence-corrected chi connectivity index (χ1v) is 6.16. The fraction of sp³-hybridized carbons (Fsp3) is 0.846. The quantitative estimate of drug-likeness (QED) is 0.467. The second-order valence-corrected chi connectivity index (χ2v) is 4.64. The molecule has 0 fully saturated rings. The lowest BCUT2D eigenvalue weighted by Crippen LogP contribution is -2.28. The Bertz CT molecular complexity index is 164. The average Bonchev–Trinajstić information content (AvgIpc) is 2.14. The Labute approximate surface area is 95.7 Å². The fourth-order valence-electron chi connectivity index (χ4n) is 1.58. The van der Waals surface area contributed by atoms with Gasteiger partial charge in [0.05, 0.1) is 0 Å². The predicted molar refractivity (Wildman–Crippen MR) is 69.3 cm³/mol. The van der Waals surface area contributed by atoms with Gasteiger partial charge in [-0.25, -0.2) is 0 Å². The fourth-order valence-corrected chi connectivity index (χ4v) is 1.58. The predicted octanol–water partition coefficient (Wildman–Crippen LogP) is 2.66. The highest BCUT2D eigenvalue weighted by atomic mass is 15.1. The molecular weight excluding hydrogens is 184 g/mol. The van der Waals surface area contributed by atoms with Gasteiger partial charge < -0.3 is 5.32 Å². The van der Waals surface area contributed by atoms with E-state index in [9.17, 15) is 0 Å². The molecular formula is C13H28N2. The number of hydrogen-bond acceptors (Lipinski definition) is 2. The van der Waals surface area contributed by atoms with Crippen molar-refractivity contribution in [1.29, 1.82) is 0 Å². The molecule has 2 nitrogen and oxygen atoms in total. The van der Waals surface area contributed by atoms with Crippen molar-refractivity contribution in [3.63, 3.8) is 0 Å². The maximum Gasteiger partial charge on any atom is 0.0187 e. The van der Waals surface area contributed by atoms with E-state index in [0.29, 0.717) is 6.04 Å². The van der Waals surface area contributed by atoms with E-state index in [1.165, 1.54) is 25.0 Å². The molecule has 0 spiro atoms. The van der Waals surface area contributed by atoms with Gasteiger partial charge in [0.15, 0.2) is 0 Å². The van der Waals surface area contributed by atoms with Crippen LogP contribution in [-0.2, 0) is 0 Å². The first-order chi connectivity index (χ1) is 7.06. The van der Waals surface area contributed by atoms with Gasteiger partial charge in [-0.2, -0.15) is 0 Å². The van der Waals surface area contributed by atoms with E-state index >= 15 is 0 Å². The minimum atomic E-state index is 0.614. The monoisotopic (exact) mass is 212 g/mol. The SMILES string of the molecule is C=C(C)CN(CC)CCCCNC(C)C. The van der Waals surface area contributed by atoms with Crippen molar-refractivity contribution in [3.05, 3.63) is 12.2 Å². The molecule has 0 aliphatic carbocycles. The van der Waals surface area contributed by atoms with Crippen LogP contribution in [0.2, 0.25) is 0 Å². The Morgan fingerprint density at radius 1 is 1.33 bits per heavy atom. The van der Waals surface area contributed by atoms with E-state index in [4.69, 9.17) is 0 Å². The van der Waals surface area contributed by atoms with Crippen LogP contribution in [0.5, 0.6) is 0 Å². The molecule has 0 rings (SSSR count). The summed E-state index contributed by atoms with van der Waals surface area (Å²) in [7, 11) is 0.